The van der Waals surface area contributed by atoms with Crippen molar-refractivity contribution in [1.82, 2.24) is 0 Å². The lowest BCUT2D eigenvalue weighted by Gasteiger charge is -2.23. The summed E-state index contributed by atoms with van der Waals surface area (Å²) in [7, 11) is 0. The second-order valence-corrected chi connectivity index (χ2v) is 27.4. The van der Waals surface area contributed by atoms with Crippen molar-refractivity contribution >= 4 is 0 Å². The topological polar surface area (TPSA) is 260 Å². The average molecular weight is 1580 g/mol. The number of aliphatic hydroxyl groups is 1. The zero-order valence-corrected chi connectivity index (χ0v) is 70.5. The number of ether oxygens (including phenoxy) is 26. The maximum atomic E-state index is 8.63. The molecule has 0 aliphatic carbocycles. The van der Waals surface area contributed by atoms with Crippen LogP contribution in [0.4, 0.5) is 0 Å². The van der Waals surface area contributed by atoms with E-state index in [9.17, 15) is 0 Å². The lowest BCUT2D eigenvalue weighted by molar-refractivity contribution is -0.105. The molecule has 27 nitrogen and oxygen atoms in total. The van der Waals surface area contributed by atoms with Gasteiger partial charge >= 0.3 is 0 Å². The Kier molecular flexibility index (Phi) is 93.1. The molecule has 1 N–H and O–H groups in total. The summed E-state index contributed by atoms with van der Waals surface area (Å²) >= 11 is 0. The van der Waals surface area contributed by atoms with Crippen LogP contribution in [0, 0.1) is 5.92 Å². The van der Waals surface area contributed by atoms with Gasteiger partial charge in [0.2, 0.25) is 0 Å². The monoisotopic (exact) mass is 1580 g/mol. The first-order chi connectivity index (χ1) is 53.7. The molecule has 656 valence electrons. The van der Waals surface area contributed by atoms with Gasteiger partial charge in [-0.05, 0) is 60.3 Å². The minimum atomic E-state index is -0.0845. The maximum absolute atomic E-state index is 8.63. The maximum Gasteiger partial charge on any atom is 0.0781 e. The van der Waals surface area contributed by atoms with E-state index in [2.05, 4.69) is 27.7 Å². The van der Waals surface area contributed by atoms with Gasteiger partial charge in [0, 0.05) is 6.61 Å². The molecule has 0 aromatic heterocycles. The first kappa shape index (κ1) is 108. The minimum Gasteiger partial charge on any atom is -0.394 e. The molecule has 0 saturated carbocycles. The molecule has 0 aromatic rings. The van der Waals surface area contributed by atoms with Gasteiger partial charge in [0.1, 0.15) is 0 Å². The second kappa shape index (κ2) is 94.1. The zero-order chi connectivity index (χ0) is 78.8. The summed E-state index contributed by atoms with van der Waals surface area (Å²) in [6, 6.07) is 0. The smallest absolute Gasteiger partial charge is 0.0781 e. The van der Waals surface area contributed by atoms with Crippen LogP contribution in [0.2, 0.25) is 0 Å². The van der Waals surface area contributed by atoms with E-state index in [4.69, 9.17) is 128 Å². The SMILES string of the molecule is CCCCCCCCCCCCC(CCCCCCCCCC)COC(C)COC(C)COC(C)COC(C)COC(C)COC(C)COCCOCCOCCOCCOCCOCCOCCOCCOCCOCCOCCOCCOCCOCCOCCOCCOCCOCCOCCOCCO. The van der Waals surface area contributed by atoms with E-state index in [1.54, 1.807) is 0 Å². The molecule has 0 saturated heterocycles. The highest BCUT2D eigenvalue weighted by Gasteiger charge is 2.17. The third-order valence-electron chi connectivity index (χ3n) is 16.8. The van der Waals surface area contributed by atoms with Gasteiger partial charge in [0.25, 0.3) is 0 Å². The predicted molar refractivity (Wildman–Crippen MR) is 423 cm³/mol. The lowest BCUT2D eigenvalue weighted by atomic mass is 9.94. The van der Waals surface area contributed by atoms with Crippen molar-refractivity contribution in [2.45, 2.75) is 220 Å². The van der Waals surface area contributed by atoms with Crippen LogP contribution in [0.3, 0.4) is 0 Å². The Hall–Kier alpha value is -1.08. The summed E-state index contributed by atoms with van der Waals surface area (Å²) in [5.74, 6) is 0.642. The van der Waals surface area contributed by atoms with Crippen LogP contribution in [0.1, 0.15) is 184 Å². The molecule has 0 rings (SSSR count). The van der Waals surface area contributed by atoms with Crippen molar-refractivity contribution in [2.24, 2.45) is 5.92 Å². The van der Waals surface area contributed by atoms with E-state index in [0.717, 1.165) is 6.61 Å². The molecule has 109 heavy (non-hydrogen) atoms. The Morgan fingerprint density at radius 1 is 0.165 bits per heavy atom. The Morgan fingerprint density at radius 3 is 0.495 bits per heavy atom. The van der Waals surface area contributed by atoms with Crippen LogP contribution < -0.4 is 0 Å². The Morgan fingerprint density at radius 2 is 0.312 bits per heavy atom. The number of hydrogen-bond donors (Lipinski definition) is 1. The molecule has 27 heteroatoms. The highest BCUT2D eigenvalue weighted by molar-refractivity contribution is 4.64. The van der Waals surface area contributed by atoms with Crippen molar-refractivity contribution in [1.29, 1.82) is 0 Å². The second-order valence-electron chi connectivity index (χ2n) is 27.4. The lowest BCUT2D eigenvalue weighted by Crippen LogP contribution is -2.30. The highest BCUT2D eigenvalue weighted by Crippen LogP contribution is 2.21. The normalized spacial score (nSPS) is 14.0. The largest absolute Gasteiger partial charge is 0.394 e. The predicted octanol–water partition coefficient (Wildman–Crippen LogP) is 11.2. The van der Waals surface area contributed by atoms with Gasteiger partial charge in [0.15, 0.2) is 0 Å². The summed E-state index contributed by atoms with van der Waals surface area (Å²) < 4.78 is 147. The summed E-state index contributed by atoms with van der Waals surface area (Å²) in [4.78, 5) is 0. The molecule has 0 aliphatic rings. The molecule has 0 fully saturated rings. The fourth-order valence-corrected chi connectivity index (χ4v) is 10.4. The molecule has 0 aromatic carbocycles. The van der Waals surface area contributed by atoms with E-state index in [0.29, 0.717) is 303 Å². The van der Waals surface area contributed by atoms with E-state index >= 15 is 0 Å². The van der Waals surface area contributed by atoms with Gasteiger partial charge in [-0.1, -0.05) is 129 Å². The van der Waals surface area contributed by atoms with Crippen LogP contribution in [-0.4, -0.2) is 352 Å². The van der Waals surface area contributed by atoms with Crippen LogP contribution in [0.15, 0.2) is 0 Å². The molecule has 0 bridgehead atoms. The minimum absolute atomic E-state index is 0.0173. The molecule has 0 heterocycles. The molecular formula is C82H166O27. The van der Waals surface area contributed by atoms with Crippen molar-refractivity contribution < 1.29 is 128 Å². The van der Waals surface area contributed by atoms with Gasteiger partial charge < -0.3 is 128 Å². The van der Waals surface area contributed by atoms with E-state index < -0.39 is 0 Å². The molecule has 7 atom stereocenters. The molecule has 0 radical (unpaired) electrons. The van der Waals surface area contributed by atoms with Crippen molar-refractivity contribution in [3.8, 4) is 0 Å². The summed E-state index contributed by atoms with van der Waals surface area (Å²) in [6.45, 7) is 39.4. The van der Waals surface area contributed by atoms with Gasteiger partial charge in [-0.2, -0.15) is 0 Å². The van der Waals surface area contributed by atoms with Crippen molar-refractivity contribution in [3.05, 3.63) is 0 Å². The molecule has 0 amide bonds. The standard InChI is InChI=1S/C82H166O27/c1-9-11-13-15-17-19-20-22-24-26-28-82(27-25-23-21-18-16-14-12-10-2)75-109-81(8)74-108-80(7)73-107-79(6)72-106-78(5)71-105-77(4)70-104-76(3)69-103-68-67-102-66-65-101-64-63-100-62-61-99-60-59-98-58-57-97-56-55-96-54-53-95-52-51-94-50-49-93-48-47-92-46-45-91-44-43-90-42-41-89-40-39-88-38-37-87-36-35-86-34-33-85-32-31-84-30-29-83/h76-83H,9-75H2,1-8H3. The van der Waals surface area contributed by atoms with Gasteiger partial charge in [0.05, 0.1) is 341 Å². The Balaban J connectivity index is 3.50. The number of rotatable bonds is 99. The third kappa shape index (κ3) is 92.3. The first-order valence-corrected chi connectivity index (χ1v) is 42.6. The highest BCUT2D eigenvalue weighted by atomic mass is 16.6. The summed E-state index contributed by atoms with van der Waals surface area (Å²) in [6.07, 6.45) is 27.0. The van der Waals surface area contributed by atoms with E-state index in [-0.39, 0.29) is 43.2 Å². The van der Waals surface area contributed by atoms with Crippen molar-refractivity contribution in [2.75, 3.05) is 311 Å². The van der Waals surface area contributed by atoms with Crippen LogP contribution in [0.25, 0.3) is 0 Å². The first-order valence-electron chi connectivity index (χ1n) is 42.6. The summed E-state index contributed by atoms with van der Waals surface area (Å²) in [5.41, 5.74) is 0. The van der Waals surface area contributed by atoms with Gasteiger partial charge in [-0.15, -0.1) is 0 Å². The van der Waals surface area contributed by atoms with Gasteiger partial charge in [-0.3, -0.25) is 0 Å². The molecule has 0 spiro atoms. The fourth-order valence-electron chi connectivity index (χ4n) is 10.4. The third-order valence-corrected chi connectivity index (χ3v) is 16.8. The Labute approximate surface area is 662 Å². The van der Waals surface area contributed by atoms with Crippen LogP contribution in [0.5, 0.6) is 0 Å². The number of hydrogen-bond acceptors (Lipinski definition) is 27. The van der Waals surface area contributed by atoms with Crippen molar-refractivity contribution in [3.63, 3.8) is 0 Å². The van der Waals surface area contributed by atoms with Crippen LogP contribution >= 0.6 is 0 Å². The number of aliphatic hydroxyl groups excluding tert-OH is 1. The molecule has 0 aliphatic heterocycles. The molecule has 7 unspecified atom stereocenters. The zero-order valence-electron chi connectivity index (χ0n) is 70.5. The quantitative estimate of drug-likeness (QED) is 0.0555. The summed E-state index contributed by atoms with van der Waals surface area (Å²) in [5, 5.41) is 8.63. The Bertz CT molecular complexity index is 1650. The molecular weight excluding hydrogens is 1420 g/mol. The fraction of sp³-hybridized carbons (Fsp3) is 1.00. The van der Waals surface area contributed by atoms with E-state index in [1.807, 2.05) is 27.7 Å². The van der Waals surface area contributed by atoms with Crippen LogP contribution in [-0.2, 0) is 123 Å². The van der Waals surface area contributed by atoms with E-state index in [1.165, 1.54) is 128 Å². The average Bonchev–Trinajstić information content (AvgIpc) is 1.00. The number of unbranched alkanes of at least 4 members (excludes halogenated alkanes) is 16. The van der Waals surface area contributed by atoms with Gasteiger partial charge in [-0.25, -0.2) is 0 Å².